The lowest BCUT2D eigenvalue weighted by Crippen LogP contribution is -2.14. The van der Waals surface area contributed by atoms with Gasteiger partial charge in [0.1, 0.15) is 5.82 Å². The molecule has 23 heavy (non-hydrogen) atoms. The lowest BCUT2D eigenvalue weighted by molar-refractivity contribution is 0.405. The van der Waals surface area contributed by atoms with E-state index in [1.165, 1.54) is 61.8 Å². The summed E-state index contributed by atoms with van der Waals surface area (Å²) in [5.41, 5.74) is 5.06. The van der Waals surface area contributed by atoms with Crippen molar-refractivity contribution in [2.75, 3.05) is 5.32 Å². The summed E-state index contributed by atoms with van der Waals surface area (Å²) < 4.78 is 0. The first-order chi connectivity index (χ1) is 11.3. The van der Waals surface area contributed by atoms with Crippen LogP contribution in [0.2, 0.25) is 0 Å². The van der Waals surface area contributed by atoms with Crippen molar-refractivity contribution in [2.45, 2.75) is 51.4 Å². The number of pyridine rings is 1. The molecule has 0 saturated heterocycles. The molecule has 3 aliphatic rings. The maximum absolute atomic E-state index is 4.62. The third-order valence-corrected chi connectivity index (χ3v) is 5.32. The van der Waals surface area contributed by atoms with Gasteiger partial charge in [-0.2, -0.15) is 0 Å². The molecule has 1 aliphatic heterocycles. The van der Waals surface area contributed by atoms with Gasteiger partial charge in [0.15, 0.2) is 0 Å². The molecule has 4 rings (SSSR count). The number of nitrogens with zero attached hydrogens (tertiary/aromatic N) is 2. The van der Waals surface area contributed by atoms with Crippen LogP contribution in [0.3, 0.4) is 0 Å². The molecule has 0 amide bonds. The summed E-state index contributed by atoms with van der Waals surface area (Å²) in [4.78, 5) is 9.09. The Morgan fingerprint density at radius 1 is 1.13 bits per heavy atom. The van der Waals surface area contributed by atoms with Gasteiger partial charge in [-0.15, -0.1) is 0 Å². The molecule has 0 aromatic carbocycles. The third kappa shape index (κ3) is 3.39. The second-order valence-corrected chi connectivity index (χ2v) is 7.14. The highest BCUT2D eigenvalue weighted by atomic mass is 15.0. The molecule has 0 unspecified atom stereocenters. The van der Waals surface area contributed by atoms with Crippen LogP contribution in [0.25, 0.3) is 5.57 Å². The van der Waals surface area contributed by atoms with Crippen LogP contribution in [0.5, 0.6) is 0 Å². The first-order valence-electron chi connectivity index (χ1n) is 8.97. The van der Waals surface area contributed by atoms with Gasteiger partial charge in [0, 0.05) is 30.2 Å². The monoisotopic (exact) mass is 307 g/mol. The van der Waals surface area contributed by atoms with Crippen molar-refractivity contribution in [1.29, 1.82) is 0 Å². The Morgan fingerprint density at radius 3 is 2.74 bits per heavy atom. The molecule has 0 bridgehead atoms. The largest absolute Gasteiger partial charge is 0.344 e. The zero-order chi connectivity index (χ0) is 15.6. The molecule has 2 aliphatic carbocycles. The molecular formula is C20H25N3. The van der Waals surface area contributed by atoms with Gasteiger partial charge in [-0.3, -0.25) is 4.99 Å². The number of aliphatic imine (C=N–C) groups is 1. The number of aromatic nitrogens is 1. The van der Waals surface area contributed by atoms with Gasteiger partial charge < -0.3 is 5.32 Å². The van der Waals surface area contributed by atoms with E-state index in [2.05, 4.69) is 34.0 Å². The summed E-state index contributed by atoms with van der Waals surface area (Å²) in [5, 5.41) is 3.45. The van der Waals surface area contributed by atoms with Crippen molar-refractivity contribution in [1.82, 2.24) is 4.98 Å². The van der Waals surface area contributed by atoms with Gasteiger partial charge >= 0.3 is 0 Å². The van der Waals surface area contributed by atoms with Crippen LogP contribution < -0.4 is 5.32 Å². The van der Waals surface area contributed by atoms with Crippen molar-refractivity contribution >= 4 is 17.1 Å². The summed E-state index contributed by atoms with van der Waals surface area (Å²) in [5.74, 6) is 2.28. The van der Waals surface area contributed by atoms with Crippen LogP contribution >= 0.6 is 0 Å². The van der Waals surface area contributed by atoms with Gasteiger partial charge in [0.05, 0.1) is 0 Å². The summed E-state index contributed by atoms with van der Waals surface area (Å²) in [6.07, 6.45) is 14.1. The molecule has 0 spiro atoms. The minimum Gasteiger partial charge on any atom is -0.344 e. The Bertz CT molecular complexity index is 661. The molecule has 3 heteroatoms. The summed E-state index contributed by atoms with van der Waals surface area (Å²) in [6.45, 7) is 4.26. The Labute approximate surface area is 138 Å². The third-order valence-electron chi connectivity index (χ3n) is 5.32. The standard InChI is InChI=1S/C20H25N3/c1-14(15-5-3-2-4-6-15)23-20-12-17(9-10-21-20)18-11-19(22-13-18)16-7-8-16/h9-10,12-13,15-16H,1-8,11H2,(H,21,23). The molecule has 1 N–H and O–H groups in total. The van der Waals surface area contributed by atoms with Crippen molar-refractivity contribution in [3.05, 3.63) is 42.4 Å². The predicted molar refractivity (Wildman–Crippen MR) is 96.3 cm³/mol. The summed E-state index contributed by atoms with van der Waals surface area (Å²) in [6, 6.07) is 4.23. The van der Waals surface area contributed by atoms with Crippen LogP contribution in [0, 0.1) is 11.8 Å². The topological polar surface area (TPSA) is 37.3 Å². The average molecular weight is 307 g/mol. The van der Waals surface area contributed by atoms with E-state index in [1.54, 1.807) is 0 Å². The highest BCUT2D eigenvalue weighted by molar-refractivity contribution is 6.00. The van der Waals surface area contributed by atoms with Gasteiger partial charge in [-0.1, -0.05) is 25.8 Å². The number of rotatable bonds is 5. The van der Waals surface area contributed by atoms with Crippen LogP contribution in [0.1, 0.15) is 56.9 Å². The number of allylic oxidation sites excluding steroid dienone is 2. The van der Waals surface area contributed by atoms with E-state index < -0.39 is 0 Å². The van der Waals surface area contributed by atoms with Gasteiger partial charge in [-0.25, -0.2) is 4.98 Å². The summed E-state index contributed by atoms with van der Waals surface area (Å²) in [7, 11) is 0. The predicted octanol–water partition coefficient (Wildman–Crippen LogP) is 5.18. The fourth-order valence-electron chi connectivity index (χ4n) is 3.71. The Balaban J connectivity index is 1.41. The fraction of sp³-hybridized carbons (Fsp3) is 0.500. The zero-order valence-electron chi connectivity index (χ0n) is 13.7. The number of nitrogens with one attached hydrogen (secondary N) is 1. The molecule has 3 nitrogen and oxygen atoms in total. The maximum atomic E-state index is 4.62. The van der Waals surface area contributed by atoms with Crippen molar-refractivity contribution in [2.24, 2.45) is 16.8 Å². The fourth-order valence-corrected chi connectivity index (χ4v) is 3.71. The van der Waals surface area contributed by atoms with Gasteiger partial charge in [0.2, 0.25) is 0 Å². The molecule has 0 atom stereocenters. The number of anilines is 1. The van der Waals surface area contributed by atoms with E-state index in [1.807, 2.05) is 12.4 Å². The minimum atomic E-state index is 0.602. The van der Waals surface area contributed by atoms with Crippen LogP contribution in [-0.2, 0) is 0 Å². The minimum absolute atomic E-state index is 0.602. The van der Waals surface area contributed by atoms with E-state index >= 15 is 0 Å². The first-order valence-corrected chi connectivity index (χ1v) is 8.97. The molecule has 2 saturated carbocycles. The molecule has 1 aromatic rings. The molecule has 0 radical (unpaired) electrons. The molecule has 2 heterocycles. The normalized spacial score (nSPS) is 21.7. The van der Waals surface area contributed by atoms with Crippen LogP contribution in [-0.4, -0.2) is 10.7 Å². The molecule has 1 aromatic heterocycles. The second kappa shape index (κ2) is 6.31. The van der Waals surface area contributed by atoms with Crippen molar-refractivity contribution in [3.8, 4) is 0 Å². The van der Waals surface area contributed by atoms with Gasteiger partial charge in [0.25, 0.3) is 0 Å². The van der Waals surface area contributed by atoms with E-state index in [0.29, 0.717) is 5.92 Å². The lowest BCUT2D eigenvalue weighted by Gasteiger charge is -2.24. The van der Waals surface area contributed by atoms with E-state index in [0.717, 1.165) is 23.9 Å². The average Bonchev–Trinajstić information content (AvgIpc) is 3.33. The van der Waals surface area contributed by atoms with Crippen molar-refractivity contribution < 1.29 is 0 Å². The Hall–Kier alpha value is -1.90. The zero-order valence-corrected chi connectivity index (χ0v) is 13.7. The number of hydrogen-bond donors (Lipinski definition) is 1. The van der Waals surface area contributed by atoms with Crippen LogP contribution in [0.4, 0.5) is 5.82 Å². The molecular weight excluding hydrogens is 282 g/mol. The van der Waals surface area contributed by atoms with Gasteiger partial charge in [-0.05, 0) is 60.8 Å². The Morgan fingerprint density at radius 2 is 1.96 bits per heavy atom. The maximum Gasteiger partial charge on any atom is 0.130 e. The second-order valence-electron chi connectivity index (χ2n) is 7.14. The summed E-state index contributed by atoms with van der Waals surface area (Å²) >= 11 is 0. The Kier molecular flexibility index (Phi) is 4.02. The van der Waals surface area contributed by atoms with Crippen molar-refractivity contribution in [3.63, 3.8) is 0 Å². The lowest BCUT2D eigenvalue weighted by atomic mass is 9.87. The number of hydrogen-bond acceptors (Lipinski definition) is 3. The molecule has 2 fully saturated rings. The van der Waals surface area contributed by atoms with E-state index in [-0.39, 0.29) is 0 Å². The smallest absolute Gasteiger partial charge is 0.130 e. The highest BCUT2D eigenvalue weighted by Crippen LogP contribution is 2.37. The SMILES string of the molecule is C=C(Nc1cc(C2=CN=C(C3CC3)C2)ccn1)C1CCCCC1. The quantitative estimate of drug-likeness (QED) is 0.813. The van der Waals surface area contributed by atoms with E-state index in [4.69, 9.17) is 0 Å². The first kappa shape index (κ1) is 14.7. The van der Waals surface area contributed by atoms with E-state index in [9.17, 15) is 0 Å². The molecule has 120 valence electrons. The van der Waals surface area contributed by atoms with Crippen LogP contribution in [0.15, 0.2) is 41.8 Å². The highest BCUT2D eigenvalue weighted by Gasteiger charge is 2.29.